The van der Waals surface area contributed by atoms with Gasteiger partial charge in [0.15, 0.2) is 5.78 Å². The fraction of sp³-hybridized carbons (Fsp3) is 0.385. The highest BCUT2D eigenvalue weighted by Gasteiger charge is 2.06. The molecule has 0 radical (unpaired) electrons. The zero-order valence-electron chi connectivity index (χ0n) is 10.9. The summed E-state index contributed by atoms with van der Waals surface area (Å²) in [4.78, 5) is 22.6. The highest BCUT2D eigenvalue weighted by molar-refractivity contribution is 5.99. The third-order valence-corrected chi connectivity index (χ3v) is 2.33. The lowest BCUT2D eigenvalue weighted by atomic mass is 10.1. The molecule has 0 aliphatic rings. The maximum atomic E-state index is 11.4. The Morgan fingerprint density at radius 1 is 1.33 bits per heavy atom. The van der Waals surface area contributed by atoms with Crippen molar-refractivity contribution in [2.75, 3.05) is 17.6 Å². The molecule has 1 aromatic rings. The second-order valence-electron chi connectivity index (χ2n) is 4.43. The van der Waals surface area contributed by atoms with Crippen LogP contribution in [0.2, 0.25) is 0 Å². The Labute approximate surface area is 107 Å². The Morgan fingerprint density at radius 2 is 2.00 bits per heavy atom. The molecule has 1 aromatic carbocycles. The topological polar surface area (TPSA) is 84.2 Å². The molecule has 0 aliphatic carbocycles. The lowest BCUT2D eigenvalue weighted by Gasteiger charge is -2.11. The minimum Gasteiger partial charge on any atom is -0.398 e. The van der Waals surface area contributed by atoms with Crippen molar-refractivity contribution >= 4 is 23.1 Å². The van der Waals surface area contributed by atoms with Gasteiger partial charge in [-0.25, -0.2) is 0 Å². The van der Waals surface area contributed by atoms with Crippen molar-refractivity contribution in [3.8, 4) is 0 Å². The van der Waals surface area contributed by atoms with E-state index in [1.807, 2.05) is 13.8 Å². The van der Waals surface area contributed by atoms with Gasteiger partial charge in [0.25, 0.3) is 0 Å². The SMILES string of the molecule is CC(=O)c1ccc(NCC(=O)NC(C)C)cc1N. The Bertz CT molecular complexity index is 456. The van der Waals surface area contributed by atoms with E-state index in [9.17, 15) is 9.59 Å². The number of Topliss-reactive ketones (excluding diaryl/α,β-unsaturated/α-hetero) is 1. The molecule has 0 atom stereocenters. The molecule has 0 saturated carbocycles. The molecule has 5 nitrogen and oxygen atoms in total. The summed E-state index contributed by atoms with van der Waals surface area (Å²) in [6.07, 6.45) is 0. The van der Waals surface area contributed by atoms with Gasteiger partial charge in [0, 0.05) is 23.0 Å². The summed E-state index contributed by atoms with van der Waals surface area (Å²) < 4.78 is 0. The molecule has 0 saturated heterocycles. The summed E-state index contributed by atoms with van der Waals surface area (Å²) in [6.45, 7) is 5.45. The van der Waals surface area contributed by atoms with Gasteiger partial charge in [-0.2, -0.15) is 0 Å². The van der Waals surface area contributed by atoms with Crippen LogP contribution in [0.25, 0.3) is 0 Å². The van der Waals surface area contributed by atoms with E-state index in [0.29, 0.717) is 11.3 Å². The molecule has 0 unspecified atom stereocenters. The first-order valence-electron chi connectivity index (χ1n) is 5.84. The molecule has 0 spiro atoms. The fourth-order valence-corrected chi connectivity index (χ4v) is 1.55. The number of anilines is 2. The van der Waals surface area contributed by atoms with E-state index in [4.69, 9.17) is 5.73 Å². The monoisotopic (exact) mass is 249 g/mol. The van der Waals surface area contributed by atoms with Crippen molar-refractivity contribution < 1.29 is 9.59 Å². The van der Waals surface area contributed by atoms with Crippen molar-refractivity contribution in [3.05, 3.63) is 23.8 Å². The van der Waals surface area contributed by atoms with Crippen molar-refractivity contribution in [1.82, 2.24) is 5.32 Å². The van der Waals surface area contributed by atoms with Gasteiger partial charge in [-0.1, -0.05) is 0 Å². The number of hydrogen-bond donors (Lipinski definition) is 3. The number of amides is 1. The summed E-state index contributed by atoms with van der Waals surface area (Å²) in [5.74, 6) is -0.157. The number of carbonyl (C=O) groups is 2. The normalized spacial score (nSPS) is 10.2. The summed E-state index contributed by atoms with van der Waals surface area (Å²) in [5.41, 5.74) is 7.37. The van der Waals surface area contributed by atoms with Crippen LogP contribution in [-0.4, -0.2) is 24.3 Å². The number of nitrogens with two attached hydrogens (primary N) is 1. The lowest BCUT2D eigenvalue weighted by Crippen LogP contribution is -2.34. The van der Waals surface area contributed by atoms with Gasteiger partial charge >= 0.3 is 0 Å². The van der Waals surface area contributed by atoms with E-state index < -0.39 is 0 Å². The third kappa shape index (κ3) is 4.08. The molecule has 1 rings (SSSR count). The average molecular weight is 249 g/mol. The van der Waals surface area contributed by atoms with Crippen LogP contribution < -0.4 is 16.4 Å². The van der Waals surface area contributed by atoms with Crippen molar-refractivity contribution in [1.29, 1.82) is 0 Å². The Hall–Kier alpha value is -2.04. The fourth-order valence-electron chi connectivity index (χ4n) is 1.55. The van der Waals surface area contributed by atoms with Crippen LogP contribution in [0.1, 0.15) is 31.1 Å². The maximum absolute atomic E-state index is 11.4. The number of carbonyl (C=O) groups excluding carboxylic acids is 2. The average Bonchev–Trinajstić information content (AvgIpc) is 2.25. The van der Waals surface area contributed by atoms with Crippen LogP contribution in [0.15, 0.2) is 18.2 Å². The van der Waals surface area contributed by atoms with Crippen LogP contribution in [0.4, 0.5) is 11.4 Å². The molecule has 0 bridgehead atoms. The van der Waals surface area contributed by atoms with Crippen molar-refractivity contribution in [2.24, 2.45) is 0 Å². The predicted octanol–water partition coefficient (Wildman–Crippen LogP) is 1.41. The molecular formula is C13H19N3O2. The van der Waals surface area contributed by atoms with Crippen LogP contribution in [0.3, 0.4) is 0 Å². The highest BCUT2D eigenvalue weighted by atomic mass is 16.2. The summed E-state index contributed by atoms with van der Waals surface area (Å²) in [5, 5.41) is 5.72. The van der Waals surface area contributed by atoms with E-state index >= 15 is 0 Å². The molecule has 0 heterocycles. The molecule has 0 aromatic heterocycles. The van der Waals surface area contributed by atoms with E-state index in [-0.39, 0.29) is 24.3 Å². The van der Waals surface area contributed by atoms with Gasteiger partial charge in [0.05, 0.1) is 6.54 Å². The number of ketones is 1. The molecular weight excluding hydrogens is 230 g/mol. The first-order valence-corrected chi connectivity index (χ1v) is 5.84. The number of nitrogens with one attached hydrogen (secondary N) is 2. The Kier molecular flexibility index (Phi) is 4.71. The van der Waals surface area contributed by atoms with Gasteiger partial charge in [0.1, 0.15) is 0 Å². The number of nitrogen functional groups attached to an aromatic ring is 1. The first kappa shape index (κ1) is 14.0. The maximum Gasteiger partial charge on any atom is 0.239 e. The summed E-state index contributed by atoms with van der Waals surface area (Å²) >= 11 is 0. The quantitative estimate of drug-likeness (QED) is 0.544. The van der Waals surface area contributed by atoms with Gasteiger partial charge < -0.3 is 16.4 Å². The molecule has 0 aliphatic heterocycles. The molecule has 98 valence electrons. The van der Waals surface area contributed by atoms with Gasteiger partial charge in [-0.3, -0.25) is 9.59 Å². The third-order valence-electron chi connectivity index (χ3n) is 2.33. The van der Waals surface area contributed by atoms with E-state index in [2.05, 4.69) is 10.6 Å². The molecule has 1 amide bonds. The predicted molar refractivity (Wildman–Crippen MR) is 72.6 cm³/mol. The Morgan fingerprint density at radius 3 is 2.50 bits per heavy atom. The van der Waals surface area contributed by atoms with Gasteiger partial charge in [-0.05, 0) is 39.0 Å². The summed E-state index contributed by atoms with van der Waals surface area (Å²) in [6, 6.07) is 5.15. The van der Waals surface area contributed by atoms with Crippen LogP contribution >= 0.6 is 0 Å². The summed E-state index contributed by atoms with van der Waals surface area (Å²) in [7, 11) is 0. The first-order chi connectivity index (χ1) is 8.40. The Balaban J connectivity index is 2.61. The van der Waals surface area contributed by atoms with Gasteiger partial charge in [0.2, 0.25) is 5.91 Å². The number of rotatable bonds is 5. The van der Waals surface area contributed by atoms with Crippen molar-refractivity contribution in [3.63, 3.8) is 0 Å². The minimum atomic E-state index is -0.0841. The second-order valence-corrected chi connectivity index (χ2v) is 4.43. The number of hydrogen-bond acceptors (Lipinski definition) is 4. The van der Waals surface area contributed by atoms with Crippen LogP contribution in [0, 0.1) is 0 Å². The largest absolute Gasteiger partial charge is 0.398 e. The van der Waals surface area contributed by atoms with Crippen LogP contribution in [0.5, 0.6) is 0 Å². The smallest absolute Gasteiger partial charge is 0.239 e. The molecule has 0 fully saturated rings. The second kappa shape index (κ2) is 6.05. The van der Waals surface area contributed by atoms with Gasteiger partial charge in [-0.15, -0.1) is 0 Å². The highest BCUT2D eigenvalue weighted by Crippen LogP contribution is 2.18. The van der Waals surface area contributed by atoms with Crippen molar-refractivity contribution in [2.45, 2.75) is 26.8 Å². The number of benzene rings is 1. The molecule has 5 heteroatoms. The lowest BCUT2D eigenvalue weighted by molar-refractivity contribution is -0.119. The van der Waals surface area contributed by atoms with Crippen LogP contribution in [-0.2, 0) is 4.79 Å². The van der Waals surface area contributed by atoms with E-state index in [0.717, 1.165) is 5.69 Å². The minimum absolute atomic E-state index is 0.0726. The molecule has 4 N–H and O–H groups in total. The standard InChI is InChI=1S/C13H19N3O2/c1-8(2)16-13(18)7-15-10-4-5-11(9(3)17)12(14)6-10/h4-6,8,15H,7,14H2,1-3H3,(H,16,18). The van der Waals surface area contributed by atoms with E-state index in [1.54, 1.807) is 18.2 Å². The zero-order chi connectivity index (χ0) is 13.7. The van der Waals surface area contributed by atoms with E-state index in [1.165, 1.54) is 6.92 Å². The molecule has 18 heavy (non-hydrogen) atoms. The zero-order valence-corrected chi connectivity index (χ0v) is 10.9.